The maximum atomic E-state index is 13.4. The number of carbonyl (C=O) groups is 1. The van der Waals surface area contributed by atoms with Gasteiger partial charge in [-0.25, -0.2) is 4.39 Å². The summed E-state index contributed by atoms with van der Waals surface area (Å²) in [6.45, 7) is 4.43. The van der Waals surface area contributed by atoms with E-state index in [0.29, 0.717) is 25.2 Å². The zero-order valence-corrected chi connectivity index (χ0v) is 22.5. The van der Waals surface area contributed by atoms with Gasteiger partial charge in [0.2, 0.25) is 5.12 Å². The molecule has 3 N–H and O–H groups in total. The van der Waals surface area contributed by atoms with Gasteiger partial charge in [-0.2, -0.15) is 0 Å². The Balaban J connectivity index is 1.32. The summed E-state index contributed by atoms with van der Waals surface area (Å²) in [6.07, 6.45) is 9.84. The second kappa shape index (κ2) is 8.78. The molecule has 0 saturated heterocycles. The SMILES string of the molecule is C[C@]12CC(C=N)=C(Nc3ccc(F)cc3)C=C1CC[C@@H]1[C@@H]2[C@@H](O)C[C@@]2(C)[C@H]1CC[C@]2(OC1CC1)C(=O)S. The topological polar surface area (TPSA) is 82.4 Å². The predicted molar refractivity (Wildman–Crippen MR) is 145 cm³/mol. The van der Waals surface area contributed by atoms with E-state index < -0.39 is 17.1 Å². The van der Waals surface area contributed by atoms with Crippen molar-refractivity contribution in [2.24, 2.45) is 28.6 Å². The van der Waals surface area contributed by atoms with Crippen molar-refractivity contribution in [2.45, 2.75) is 83.0 Å². The summed E-state index contributed by atoms with van der Waals surface area (Å²) >= 11 is 4.36. The lowest BCUT2D eigenvalue weighted by molar-refractivity contribution is -0.191. The molecular formula is C30H37FN2O3S. The Morgan fingerprint density at radius 1 is 1.22 bits per heavy atom. The molecule has 1 aromatic carbocycles. The van der Waals surface area contributed by atoms with Crippen LogP contribution in [0.15, 0.2) is 47.2 Å². The summed E-state index contributed by atoms with van der Waals surface area (Å²) in [5.74, 6) is 0.350. The molecule has 4 saturated carbocycles. The third-order valence-electron chi connectivity index (χ3n) is 10.5. The number of aliphatic hydroxyl groups is 1. The first-order chi connectivity index (χ1) is 17.6. The van der Waals surface area contributed by atoms with Crippen LogP contribution >= 0.6 is 12.6 Å². The molecule has 0 aromatic heterocycles. The molecule has 0 amide bonds. The summed E-state index contributed by atoms with van der Waals surface area (Å²) in [4.78, 5) is 13.0. The summed E-state index contributed by atoms with van der Waals surface area (Å²) in [5.41, 5.74) is 2.24. The smallest absolute Gasteiger partial charge is 0.218 e. The highest BCUT2D eigenvalue weighted by molar-refractivity contribution is 7.96. The Hall–Kier alpha value is -1.96. The van der Waals surface area contributed by atoms with E-state index in [-0.39, 0.29) is 34.3 Å². The minimum atomic E-state index is -0.913. The van der Waals surface area contributed by atoms with Crippen molar-refractivity contribution in [2.75, 3.05) is 5.32 Å². The molecule has 0 radical (unpaired) electrons. The molecule has 37 heavy (non-hydrogen) atoms. The fourth-order valence-corrected chi connectivity index (χ4v) is 9.11. The van der Waals surface area contributed by atoms with Crippen molar-refractivity contribution >= 4 is 29.6 Å². The fraction of sp³-hybridized carbons (Fsp3) is 0.600. The number of hydrogen-bond acceptors (Lipinski definition) is 5. The first-order valence-corrected chi connectivity index (χ1v) is 14.1. The van der Waals surface area contributed by atoms with Gasteiger partial charge >= 0.3 is 0 Å². The molecule has 7 heteroatoms. The monoisotopic (exact) mass is 524 g/mol. The van der Waals surface area contributed by atoms with Crippen LogP contribution in [-0.2, 0) is 9.53 Å². The van der Waals surface area contributed by atoms with E-state index in [1.165, 1.54) is 23.9 Å². The Labute approximate surface area is 223 Å². The van der Waals surface area contributed by atoms with Gasteiger partial charge in [0.05, 0.1) is 12.2 Å². The summed E-state index contributed by atoms with van der Waals surface area (Å²) in [6, 6.07) is 6.27. The lowest BCUT2D eigenvalue weighted by atomic mass is 9.45. The second-order valence-corrected chi connectivity index (χ2v) is 12.9. The molecule has 6 rings (SSSR count). The van der Waals surface area contributed by atoms with Crippen LogP contribution < -0.4 is 5.32 Å². The normalized spacial score (nSPS) is 40.8. The molecule has 4 fully saturated rings. The fourth-order valence-electron chi connectivity index (χ4n) is 8.69. The minimum absolute atomic E-state index is 0.0552. The number of aliphatic hydroxyl groups excluding tert-OH is 1. The number of hydrogen-bond donors (Lipinski definition) is 4. The van der Waals surface area contributed by atoms with E-state index in [2.05, 4.69) is 37.9 Å². The molecule has 0 unspecified atom stereocenters. The van der Waals surface area contributed by atoms with Crippen LogP contribution in [0.4, 0.5) is 10.1 Å². The van der Waals surface area contributed by atoms with Crippen molar-refractivity contribution in [1.29, 1.82) is 5.41 Å². The molecule has 7 atom stereocenters. The van der Waals surface area contributed by atoms with Crippen LogP contribution in [0.25, 0.3) is 0 Å². The van der Waals surface area contributed by atoms with Gasteiger partial charge in [-0.05, 0) is 110 Å². The van der Waals surface area contributed by atoms with E-state index in [9.17, 15) is 14.3 Å². The van der Waals surface area contributed by atoms with E-state index in [4.69, 9.17) is 10.1 Å². The van der Waals surface area contributed by atoms with Gasteiger partial charge in [-0.1, -0.05) is 19.4 Å². The maximum absolute atomic E-state index is 13.4. The number of anilines is 1. The highest BCUT2D eigenvalue weighted by Crippen LogP contribution is 2.69. The second-order valence-electron chi connectivity index (χ2n) is 12.5. The number of nitrogens with one attached hydrogen (secondary N) is 2. The highest BCUT2D eigenvalue weighted by atomic mass is 32.1. The summed E-state index contributed by atoms with van der Waals surface area (Å²) in [7, 11) is 0. The first kappa shape index (κ1) is 25.3. The van der Waals surface area contributed by atoms with Crippen molar-refractivity contribution < 1.29 is 19.0 Å². The molecule has 5 aliphatic carbocycles. The Bertz CT molecular complexity index is 1190. The zero-order chi connectivity index (χ0) is 26.2. The van der Waals surface area contributed by atoms with Crippen molar-refractivity contribution in [3.8, 4) is 0 Å². The average molecular weight is 525 g/mol. The number of allylic oxidation sites excluding steroid dienone is 3. The summed E-state index contributed by atoms with van der Waals surface area (Å²) in [5, 5.41) is 23.2. The maximum Gasteiger partial charge on any atom is 0.218 e. The van der Waals surface area contributed by atoms with Gasteiger partial charge in [0.1, 0.15) is 11.4 Å². The van der Waals surface area contributed by atoms with Gasteiger partial charge in [0, 0.05) is 23.0 Å². The van der Waals surface area contributed by atoms with Gasteiger partial charge in [-0.3, -0.25) is 4.79 Å². The predicted octanol–water partition coefficient (Wildman–Crippen LogP) is 6.06. The molecule has 5 aliphatic rings. The van der Waals surface area contributed by atoms with Gasteiger partial charge in [0.15, 0.2) is 0 Å². The number of rotatable bonds is 6. The first-order valence-electron chi connectivity index (χ1n) is 13.7. The number of halogens is 1. The standard InChI is InChI=1S/C30H37FN2O3S/c1-28-14-17(16-32)24(33-20-6-4-19(31)5-7-20)13-18(28)3-10-22-23-11-12-30(27(35)37,36-21-8-9-21)29(23,2)15-25(34)26(22)28/h4-7,13,16,21-23,25-26,32-34H,3,8-12,14-15H2,1-2H3,(H,35,37)/t22-,23-,25-,26+,28-,29-,30-/m0/s1. The van der Waals surface area contributed by atoms with Crippen LogP contribution in [0.5, 0.6) is 0 Å². The molecule has 0 heterocycles. The van der Waals surface area contributed by atoms with Crippen LogP contribution in [0, 0.1) is 39.8 Å². The summed E-state index contributed by atoms with van der Waals surface area (Å²) < 4.78 is 19.9. The van der Waals surface area contributed by atoms with Crippen molar-refractivity contribution in [3.05, 3.63) is 53.0 Å². The quantitative estimate of drug-likeness (QED) is 0.269. The number of benzene rings is 1. The third-order valence-corrected chi connectivity index (χ3v) is 10.9. The van der Waals surface area contributed by atoms with Crippen LogP contribution in [0.1, 0.15) is 65.2 Å². The highest BCUT2D eigenvalue weighted by Gasteiger charge is 2.69. The lowest BCUT2D eigenvalue weighted by Gasteiger charge is -2.61. The molecule has 198 valence electrons. The van der Waals surface area contributed by atoms with E-state index in [1.807, 2.05) is 0 Å². The Morgan fingerprint density at radius 2 is 1.95 bits per heavy atom. The van der Waals surface area contributed by atoms with Crippen molar-refractivity contribution in [3.63, 3.8) is 0 Å². The van der Waals surface area contributed by atoms with E-state index in [0.717, 1.165) is 49.1 Å². The molecule has 0 spiro atoms. The lowest BCUT2D eigenvalue weighted by Crippen LogP contribution is -2.62. The Kier molecular flexibility index (Phi) is 6.01. The van der Waals surface area contributed by atoms with Crippen LogP contribution in [0.2, 0.25) is 0 Å². The molecule has 0 aliphatic heterocycles. The molecule has 1 aromatic rings. The Morgan fingerprint density at radius 3 is 2.59 bits per heavy atom. The van der Waals surface area contributed by atoms with Crippen molar-refractivity contribution in [1.82, 2.24) is 0 Å². The number of ether oxygens (including phenoxy) is 1. The third kappa shape index (κ3) is 3.79. The number of fused-ring (bicyclic) bond motifs is 5. The van der Waals surface area contributed by atoms with Gasteiger partial charge in [0.25, 0.3) is 0 Å². The molecular weight excluding hydrogens is 487 g/mol. The van der Waals surface area contributed by atoms with E-state index in [1.54, 1.807) is 12.1 Å². The zero-order valence-electron chi connectivity index (χ0n) is 21.6. The molecule has 5 nitrogen and oxygen atoms in total. The molecule has 0 bridgehead atoms. The average Bonchev–Trinajstić information content (AvgIpc) is 3.62. The number of carbonyl (C=O) groups excluding carboxylic acids is 1. The van der Waals surface area contributed by atoms with Gasteiger partial charge in [-0.15, -0.1) is 12.6 Å². The van der Waals surface area contributed by atoms with E-state index >= 15 is 0 Å². The van der Waals surface area contributed by atoms with Gasteiger partial charge < -0.3 is 20.6 Å². The number of thiol groups is 1. The largest absolute Gasteiger partial charge is 0.393 e. The van der Waals surface area contributed by atoms with Crippen LogP contribution in [-0.4, -0.2) is 34.2 Å². The van der Waals surface area contributed by atoms with Crippen LogP contribution in [0.3, 0.4) is 0 Å². The minimum Gasteiger partial charge on any atom is -0.393 e.